The molecule has 2 aliphatic carbocycles. The molecule has 27 heavy (non-hydrogen) atoms. The van der Waals surface area contributed by atoms with Gasteiger partial charge in [0.2, 0.25) is 0 Å². The third-order valence-corrected chi connectivity index (χ3v) is 13.2. The molecule has 2 aliphatic rings. The molecule has 1 aromatic carbocycles. The highest BCUT2D eigenvalue weighted by molar-refractivity contribution is 6.89. The maximum Gasteiger partial charge on any atom is 0.0880 e. The first-order valence-electron chi connectivity index (χ1n) is 10.5. The SMILES string of the molecule is CC1=Cc2c(cccc2[Si](C)(C)C)C1[Si](C)(C)C1=C(C)C=C(C(C)(C)C)C1. The smallest absolute Gasteiger partial charge is 0.0730 e. The van der Waals surface area contributed by atoms with E-state index in [0.29, 0.717) is 5.54 Å². The third-order valence-electron chi connectivity index (χ3n) is 6.78. The molecule has 0 radical (unpaired) electrons. The van der Waals surface area contributed by atoms with Gasteiger partial charge in [0.05, 0.1) is 16.1 Å². The number of hydrogen-bond donors (Lipinski definition) is 0. The second kappa shape index (κ2) is 6.45. The van der Waals surface area contributed by atoms with Gasteiger partial charge < -0.3 is 0 Å². The van der Waals surface area contributed by atoms with Crippen molar-refractivity contribution < 1.29 is 0 Å². The number of rotatable bonds is 3. The summed E-state index contributed by atoms with van der Waals surface area (Å²) in [6.07, 6.45) is 6.23. The Labute approximate surface area is 169 Å². The van der Waals surface area contributed by atoms with Crippen molar-refractivity contribution in [1.29, 1.82) is 0 Å². The zero-order valence-electron chi connectivity index (χ0n) is 19.2. The van der Waals surface area contributed by atoms with E-state index < -0.39 is 16.1 Å². The zero-order valence-corrected chi connectivity index (χ0v) is 21.2. The Balaban J connectivity index is 2.05. The van der Waals surface area contributed by atoms with E-state index in [1.807, 2.05) is 0 Å². The maximum absolute atomic E-state index is 2.61. The summed E-state index contributed by atoms with van der Waals surface area (Å²) in [6, 6.07) is 7.14. The van der Waals surface area contributed by atoms with E-state index in [-0.39, 0.29) is 5.41 Å². The summed E-state index contributed by atoms with van der Waals surface area (Å²) >= 11 is 0. The molecule has 0 amide bonds. The van der Waals surface area contributed by atoms with E-state index in [1.165, 1.54) is 6.42 Å². The van der Waals surface area contributed by atoms with Crippen LogP contribution in [-0.2, 0) is 0 Å². The highest BCUT2D eigenvalue weighted by Crippen LogP contribution is 2.49. The molecule has 0 bridgehead atoms. The van der Waals surface area contributed by atoms with E-state index in [1.54, 1.807) is 38.2 Å². The Morgan fingerprint density at radius 3 is 2.07 bits per heavy atom. The van der Waals surface area contributed by atoms with Crippen LogP contribution in [0.2, 0.25) is 32.7 Å². The zero-order chi connectivity index (χ0) is 20.4. The molecule has 2 heteroatoms. The minimum Gasteiger partial charge on any atom is -0.0730 e. The van der Waals surface area contributed by atoms with Crippen LogP contribution in [0, 0.1) is 5.41 Å². The number of fused-ring (bicyclic) bond motifs is 1. The Morgan fingerprint density at radius 1 is 0.926 bits per heavy atom. The quantitative estimate of drug-likeness (QED) is 0.475. The Morgan fingerprint density at radius 2 is 1.56 bits per heavy atom. The lowest BCUT2D eigenvalue weighted by Gasteiger charge is -2.36. The van der Waals surface area contributed by atoms with Crippen LogP contribution in [0.1, 0.15) is 57.7 Å². The monoisotopic (exact) mass is 394 g/mol. The standard InChI is InChI=1S/C25H38Si2/c1-17-14-19(25(3,4)5)16-23(17)27(9,10)24-18(2)15-21-20(24)12-11-13-22(21)26(6,7)8/h11-15,24H,16H2,1-10H3. The van der Waals surface area contributed by atoms with Crippen molar-refractivity contribution >= 4 is 27.4 Å². The van der Waals surface area contributed by atoms with Crippen molar-refractivity contribution in [2.45, 2.75) is 79.3 Å². The second-order valence-electron chi connectivity index (χ2n) is 11.4. The topological polar surface area (TPSA) is 0 Å². The van der Waals surface area contributed by atoms with Gasteiger partial charge in [-0.05, 0) is 36.8 Å². The Hall–Kier alpha value is -1.13. The van der Waals surface area contributed by atoms with E-state index in [2.05, 4.69) is 97.7 Å². The molecule has 0 N–H and O–H groups in total. The Bertz CT molecular complexity index is 865. The van der Waals surface area contributed by atoms with Crippen LogP contribution in [0.15, 0.2) is 46.2 Å². The summed E-state index contributed by atoms with van der Waals surface area (Å²) in [5.74, 6) is 0. The largest absolute Gasteiger partial charge is 0.0880 e. The van der Waals surface area contributed by atoms with Crippen molar-refractivity contribution in [3.8, 4) is 0 Å². The van der Waals surface area contributed by atoms with Gasteiger partial charge in [0.25, 0.3) is 0 Å². The predicted molar refractivity (Wildman–Crippen MR) is 128 cm³/mol. The first kappa shape index (κ1) is 20.6. The maximum atomic E-state index is 2.61. The third kappa shape index (κ3) is 3.51. The van der Waals surface area contributed by atoms with Gasteiger partial charge in [-0.25, -0.2) is 0 Å². The number of hydrogen-bond acceptors (Lipinski definition) is 0. The van der Waals surface area contributed by atoms with Crippen molar-refractivity contribution in [2.75, 3.05) is 0 Å². The minimum atomic E-state index is -1.64. The van der Waals surface area contributed by atoms with E-state index in [4.69, 9.17) is 0 Å². The fourth-order valence-corrected chi connectivity index (χ4v) is 11.2. The summed E-state index contributed by atoms with van der Waals surface area (Å²) in [4.78, 5) is 0. The molecule has 1 aromatic rings. The van der Waals surface area contributed by atoms with Crippen LogP contribution in [0.5, 0.6) is 0 Å². The number of allylic oxidation sites excluding steroid dienone is 5. The van der Waals surface area contributed by atoms with Crippen LogP contribution in [0.4, 0.5) is 0 Å². The molecule has 0 aromatic heterocycles. The average Bonchev–Trinajstić information content (AvgIpc) is 3.05. The summed E-state index contributed by atoms with van der Waals surface area (Å²) in [7, 11) is -2.98. The lowest BCUT2D eigenvalue weighted by Crippen LogP contribution is -2.41. The van der Waals surface area contributed by atoms with Crippen LogP contribution in [0.3, 0.4) is 0 Å². The molecule has 3 rings (SSSR count). The van der Waals surface area contributed by atoms with Gasteiger partial charge in [-0.1, -0.05) is 111 Å². The van der Waals surface area contributed by atoms with Crippen molar-refractivity contribution in [1.82, 2.24) is 0 Å². The van der Waals surface area contributed by atoms with E-state index >= 15 is 0 Å². The summed E-state index contributed by atoms with van der Waals surface area (Å²) in [5.41, 5.74) is 8.86. The summed E-state index contributed by atoms with van der Waals surface area (Å²) in [6.45, 7) is 24.5. The molecule has 1 unspecified atom stereocenters. The lowest BCUT2D eigenvalue weighted by atomic mass is 9.86. The van der Waals surface area contributed by atoms with Crippen LogP contribution in [0.25, 0.3) is 6.08 Å². The summed E-state index contributed by atoms with van der Waals surface area (Å²) < 4.78 is 0. The molecule has 0 aliphatic heterocycles. The van der Waals surface area contributed by atoms with Gasteiger partial charge in [-0.2, -0.15) is 0 Å². The minimum absolute atomic E-state index is 0.275. The van der Waals surface area contributed by atoms with E-state index in [9.17, 15) is 0 Å². The fourth-order valence-electron chi connectivity index (χ4n) is 5.29. The molecular formula is C25H38Si2. The Kier molecular flexibility index (Phi) is 4.92. The lowest BCUT2D eigenvalue weighted by molar-refractivity contribution is 0.495. The van der Waals surface area contributed by atoms with Gasteiger partial charge in [0.15, 0.2) is 0 Å². The van der Waals surface area contributed by atoms with Crippen LogP contribution < -0.4 is 5.19 Å². The first-order chi connectivity index (χ1) is 12.2. The van der Waals surface area contributed by atoms with Crippen LogP contribution in [-0.4, -0.2) is 16.1 Å². The summed E-state index contributed by atoms with van der Waals surface area (Å²) in [5, 5.41) is 3.41. The normalized spacial score (nSPS) is 20.7. The van der Waals surface area contributed by atoms with Crippen molar-refractivity contribution in [3.05, 3.63) is 57.3 Å². The van der Waals surface area contributed by atoms with Gasteiger partial charge in [-0.15, -0.1) is 0 Å². The molecule has 0 nitrogen and oxygen atoms in total. The molecule has 0 heterocycles. The van der Waals surface area contributed by atoms with Gasteiger partial charge in [-0.3, -0.25) is 0 Å². The molecule has 0 saturated carbocycles. The van der Waals surface area contributed by atoms with E-state index in [0.717, 1.165) is 0 Å². The molecule has 0 saturated heterocycles. The second-order valence-corrected chi connectivity index (χ2v) is 21.0. The van der Waals surface area contributed by atoms with Crippen LogP contribution >= 0.6 is 0 Å². The first-order valence-corrected chi connectivity index (χ1v) is 17.0. The van der Waals surface area contributed by atoms with Gasteiger partial charge in [0, 0.05) is 5.54 Å². The molecule has 146 valence electrons. The number of benzene rings is 1. The van der Waals surface area contributed by atoms with Gasteiger partial charge >= 0.3 is 0 Å². The molecule has 0 spiro atoms. The fraction of sp³-hybridized carbons (Fsp3) is 0.520. The predicted octanol–water partition coefficient (Wildman–Crippen LogP) is 7.21. The van der Waals surface area contributed by atoms with Crippen molar-refractivity contribution in [2.24, 2.45) is 5.41 Å². The van der Waals surface area contributed by atoms with Crippen molar-refractivity contribution in [3.63, 3.8) is 0 Å². The molecule has 0 fully saturated rings. The highest BCUT2D eigenvalue weighted by atomic mass is 28.3. The highest BCUT2D eigenvalue weighted by Gasteiger charge is 2.43. The molecule has 1 atom stereocenters. The molecular weight excluding hydrogens is 356 g/mol. The van der Waals surface area contributed by atoms with Gasteiger partial charge in [0.1, 0.15) is 0 Å². The average molecular weight is 395 g/mol.